The third-order valence-electron chi connectivity index (χ3n) is 5.16. The normalized spacial score (nSPS) is 19.6. The lowest BCUT2D eigenvalue weighted by Gasteiger charge is -2.23. The van der Waals surface area contributed by atoms with Crippen molar-refractivity contribution in [3.63, 3.8) is 0 Å². The molecule has 4 rings (SSSR count). The van der Waals surface area contributed by atoms with Gasteiger partial charge < -0.3 is 14.5 Å². The quantitative estimate of drug-likeness (QED) is 0.824. The van der Waals surface area contributed by atoms with Gasteiger partial charge in [0.25, 0.3) is 11.8 Å². The number of hydrazone groups is 1. The number of benzene rings is 1. The second-order valence-corrected chi connectivity index (χ2v) is 6.95. The minimum atomic E-state index is -0.168. The van der Waals surface area contributed by atoms with E-state index >= 15 is 0 Å². The van der Waals surface area contributed by atoms with Gasteiger partial charge in [-0.25, -0.2) is 5.43 Å². The summed E-state index contributed by atoms with van der Waals surface area (Å²) in [5.41, 5.74) is 4.48. The molecule has 0 radical (unpaired) electrons. The van der Waals surface area contributed by atoms with E-state index in [1.165, 1.54) is 0 Å². The summed E-state index contributed by atoms with van der Waals surface area (Å²) in [7, 11) is 0. The molecule has 3 heterocycles. The zero-order valence-corrected chi connectivity index (χ0v) is 15.1. The molecule has 0 aliphatic carbocycles. The molecular formula is C19H22N4O4. The average molecular weight is 370 g/mol. The average Bonchev–Trinajstić information content (AvgIpc) is 3.02. The second kappa shape index (κ2) is 7.38. The zero-order chi connectivity index (χ0) is 18.8. The van der Waals surface area contributed by atoms with Crippen LogP contribution in [0.15, 0.2) is 23.3 Å². The summed E-state index contributed by atoms with van der Waals surface area (Å²) in [4.78, 5) is 40.2. The SMILES string of the molecule is O=C1CCC(C(=O)N2CCCN(C(=O)c3ccc4c(c3)CCO4)CC2)=NN1. The maximum absolute atomic E-state index is 12.9. The molecule has 0 unspecified atom stereocenters. The Bertz CT molecular complexity index is 820. The van der Waals surface area contributed by atoms with Crippen LogP contribution in [0.4, 0.5) is 0 Å². The lowest BCUT2D eigenvalue weighted by Crippen LogP contribution is -2.42. The topological polar surface area (TPSA) is 91.3 Å². The van der Waals surface area contributed by atoms with Crippen LogP contribution in [0.5, 0.6) is 5.75 Å². The molecule has 0 bridgehead atoms. The van der Waals surface area contributed by atoms with Crippen LogP contribution in [0.1, 0.15) is 35.2 Å². The Balaban J connectivity index is 1.40. The van der Waals surface area contributed by atoms with Crippen molar-refractivity contribution in [2.24, 2.45) is 5.10 Å². The summed E-state index contributed by atoms with van der Waals surface area (Å²) in [6.07, 6.45) is 2.19. The Morgan fingerprint density at radius 1 is 1.00 bits per heavy atom. The van der Waals surface area contributed by atoms with Gasteiger partial charge in [0.1, 0.15) is 11.5 Å². The standard InChI is InChI=1S/C19H22N4O4/c24-17-5-3-15(20-21-17)19(26)23-8-1-7-22(9-10-23)18(25)14-2-4-16-13(12-14)6-11-27-16/h2,4,12H,1,3,5-11H2,(H,21,24). The highest BCUT2D eigenvalue weighted by molar-refractivity contribution is 6.39. The van der Waals surface area contributed by atoms with Crippen LogP contribution in [0.25, 0.3) is 0 Å². The molecule has 8 heteroatoms. The molecule has 1 aromatic rings. The molecule has 0 spiro atoms. The number of nitrogens with zero attached hydrogens (tertiary/aromatic N) is 3. The first-order chi connectivity index (χ1) is 13.1. The Morgan fingerprint density at radius 2 is 1.78 bits per heavy atom. The van der Waals surface area contributed by atoms with Crippen LogP contribution in [0, 0.1) is 0 Å². The van der Waals surface area contributed by atoms with Gasteiger partial charge in [-0.05, 0) is 30.2 Å². The minimum absolute atomic E-state index is 0.0127. The number of hydrogen-bond acceptors (Lipinski definition) is 5. The number of nitrogens with one attached hydrogen (secondary N) is 1. The largest absolute Gasteiger partial charge is 0.493 e. The molecule has 1 aromatic carbocycles. The predicted octanol–water partition coefficient (Wildman–Crippen LogP) is 0.562. The summed E-state index contributed by atoms with van der Waals surface area (Å²) >= 11 is 0. The highest BCUT2D eigenvalue weighted by Gasteiger charge is 2.27. The van der Waals surface area contributed by atoms with Crippen LogP contribution >= 0.6 is 0 Å². The van der Waals surface area contributed by atoms with Crippen molar-refractivity contribution >= 4 is 23.4 Å². The smallest absolute Gasteiger partial charge is 0.270 e. The molecule has 8 nitrogen and oxygen atoms in total. The first kappa shape index (κ1) is 17.5. The molecular weight excluding hydrogens is 348 g/mol. The number of hydrogen-bond donors (Lipinski definition) is 1. The van der Waals surface area contributed by atoms with Crippen molar-refractivity contribution in [3.8, 4) is 5.75 Å². The van der Waals surface area contributed by atoms with E-state index in [-0.39, 0.29) is 24.1 Å². The maximum Gasteiger partial charge on any atom is 0.270 e. The summed E-state index contributed by atoms with van der Waals surface area (Å²) in [6.45, 7) is 2.80. The fourth-order valence-corrected chi connectivity index (χ4v) is 3.64. The fourth-order valence-electron chi connectivity index (χ4n) is 3.64. The predicted molar refractivity (Wildman–Crippen MR) is 97.6 cm³/mol. The van der Waals surface area contributed by atoms with Crippen molar-refractivity contribution < 1.29 is 19.1 Å². The van der Waals surface area contributed by atoms with Gasteiger partial charge in [0.15, 0.2) is 0 Å². The van der Waals surface area contributed by atoms with Gasteiger partial charge in [-0.2, -0.15) is 5.10 Å². The summed E-state index contributed by atoms with van der Waals surface area (Å²) in [5.74, 6) is 0.527. The molecule has 0 atom stereocenters. The second-order valence-electron chi connectivity index (χ2n) is 6.95. The minimum Gasteiger partial charge on any atom is -0.493 e. The van der Waals surface area contributed by atoms with E-state index in [1.54, 1.807) is 15.9 Å². The Hall–Kier alpha value is -2.90. The molecule has 1 saturated heterocycles. The van der Waals surface area contributed by atoms with E-state index in [2.05, 4.69) is 10.5 Å². The zero-order valence-electron chi connectivity index (χ0n) is 15.1. The third kappa shape index (κ3) is 3.65. The van der Waals surface area contributed by atoms with Crippen molar-refractivity contribution in [2.45, 2.75) is 25.7 Å². The Morgan fingerprint density at radius 3 is 2.52 bits per heavy atom. The summed E-state index contributed by atoms with van der Waals surface area (Å²) < 4.78 is 5.50. The van der Waals surface area contributed by atoms with Crippen LogP contribution in [0.3, 0.4) is 0 Å². The van der Waals surface area contributed by atoms with Gasteiger partial charge in [-0.1, -0.05) is 0 Å². The number of carbonyl (C=O) groups is 3. The monoisotopic (exact) mass is 370 g/mol. The van der Waals surface area contributed by atoms with Gasteiger partial charge >= 0.3 is 0 Å². The molecule has 3 amide bonds. The van der Waals surface area contributed by atoms with Crippen LogP contribution in [0.2, 0.25) is 0 Å². The first-order valence-corrected chi connectivity index (χ1v) is 9.31. The van der Waals surface area contributed by atoms with E-state index in [0.29, 0.717) is 56.9 Å². The molecule has 1 fully saturated rings. The van der Waals surface area contributed by atoms with Crippen molar-refractivity contribution in [1.29, 1.82) is 0 Å². The lowest BCUT2D eigenvalue weighted by atomic mass is 10.1. The number of fused-ring (bicyclic) bond motifs is 1. The number of carbonyl (C=O) groups excluding carboxylic acids is 3. The molecule has 0 saturated carbocycles. The first-order valence-electron chi connectivity index (χ1n) is 9.31. The highest BCUT2D eigenvalue weighted by Crippen LogP contribution is 2.26. The molecule has 142 valence electrons. The van der Waals surface area contributed by atoms with Crippen molar-refractivity contribution in [3.05, 3.63) is 29.3 Å². The molecule has 3 aliphatic rings. The van der Waals surface area contributed by atoms with Crippen molar-refractivity contribution in [1.82, 2.24) is 15.2 Å². The van der Waals surface area contributed by atoms with Gasteiger partial charge in [-0.3, -0.25) is 14.4 Å². The van der Waals surface area contributed by atoms with E-state index < -0.39 is 0 Å². The van der Waals surface area contributed by atoms with Crippen LogP contribution in [-0.2, 0) is 16.0 Å². The fraction of sp³-hybridized carbons (Fsp3) is 0.474. The highest BCUT2D eigenvalue weighted by atomic mass is 16.5. The number of amides is 3. The van der Waals surface area contributed by atoms with E-state index in [1.807, 2.05) is 12.1 Å². The van der Waals surface area contributed by atoms with Gasteiger partial charge in [0.05, 0.1) is 6.61 Å². The number of rotatable bonds is 2. The Kier molecular flexibility index (Phi) is 4.79. The van der Waals surface area contributed by atoms with Crippen LogP contribution in [-0.4, -0.2) is 66.0 Å². The van der Waals surface area contributed by atoms with E-state index in [0.717, 1.165) is 17.7 Å². The van der Waals surface area contributed by atoms with Gasteiger partial charge in [-0.15, -0.1) is 0 Å². The molecule has 1 N–H and O–H groups in total. The van der Waals surface area contributed by atoms with Gasteiger partial charge in [0, 0.05) is 51.0 Å². The summed E-state index contributed by atoms with van der Waals surface area (Å²) in [6, 6.07) is 5.58. The van der Waals surface area contributed by atoms with E-state index in [4.69, 9.17) is 4.74 Å². The third-order valence-corrected chi connectivity index (χ3v) is 5.16. The molecule has 0 aromatic heterocycles. The van der Waals surface area contributed by atoms with Gasteiger partial charge in [0.2, 0.25) is 5.91 Å². The molecule has 27 heavy (non-hydrogen) atoms. The summed E-state index contributed by atoms with van der Waals surface area (Å²) in [5, 5.41) is 3.88. The molecule has 3 aliphatic heterocycles. The Labute approximate surface area is 157 Å². The lowest BCUT2D eigenvalue weighted by molar-refractivity contribution is -0.124. The van der Waals surface area contributed by atoms with Crippen molar-refractivity contribution in [2.75, 3.05) is 32.8 Å². The van der Waals surface area contributed by atoms with E-state index in [9.17, 15) is 14.4 Å². The number of ether oxygens (including phenoxy) is 1. The van der Waals surface area contributed by atoms with Crippen LogP contribution < -0.4 is 10.2 Å². The maximum atomic E-state index is 12.9.